The fourth-order valence-corrected chi connectivity index (χ4v) is 11.8. The second-order valence-corrected chi connectivity index (χ2v) is 22.9. The summed E-state index contributed by atoms with van der Waals surface area (Å²) >= 11 is 0. The highest BCUT2D eigenvalue weighted by Crippen LogP contribution is 2.67. The molecule has 0 unspecified atom stereocenters. The summed E-state index contributed by atoms with van der Waals surface area (Å²) in [4.78, 5) is 162. The Kier molecular flexibility index (Phi) is 16.4. The van der Waals surface area contributed by atoms with E-state index in [1.165, 1.54) is 96.6 Å². The van der Waals surface area contributed by atoms with Gasteiger partial charge in [0.1, 0.15) is 17.1 Å². The summed E-state index contributed by atoms with van der Waals surface area (Å²) in [6.07, 6.45) is 16.1. The number of ether oxygens (including phenoxy) is 1. The quantitative estimate of drug-likeness (QED) is 0.0297. The molecule has 480 valence electrons. The standard InChI is InChI=1S/C61H64N20O12/c1-30-48(60(92)93-10)49-50(63-30)41(83)20-42-61(49)21-32(61)22-81(42)47(85)14-13-37-16-33(23-74(37)3)65-55(87)39-18-35(25-76(39)5)67-57(89)51-71-44(28-79(51)8)69-46(84)12-11-15-62-54(86)38-17-34(24-75(38)4)66-56(88)40-19-36(26-77(40)6)68-58(90)52-72-45(29-80(52)9)73-59(91)53-70-43(27-78(53)7)64-31(2)82/h13-14,16-20,23-29,32,63H,11-12,15,21-22H2,1-10H3,(H,62,86)(H,64,82)(H,65,87)(H,66,88)(H,67,89)(H,68,90)(H,69,84)(H,73,91)/b14-13+/t32-,61+/m1/s1. The van der Waals surface area contributed by atoms with Crippen molar-refractivity contribution in [1.29, 1.82) is 0 Å². The van der Waals surface area contributed by atoms with Crippen LogP contribution in [0.1, 0.15) is 127 Å². The van der Waals surface area contributed by atoms with Crippen LogP contribution in [-0.2, 0) is 73.9 Å². The molecule has 0 aromatic carbocycles. The first-order chi connectivity index (χ1) is 44.2. The van der Waals surface area contributed by atoms with Crippen LogP contribution in [0.15, 0.2) is 85.5 Å². The number of hydrogen-bond acceptors (Lipinski definition) is 15. The van der Waals surface area contributed by atoms with Gasteiger partial charge in [-0.05, 0) is 56.0 Å². The zero-order valence-electron chi connectivity index (χ0n) is 52.0. The Bertz CT molecular complexity index is 4580. The van der Waals surface area contributed by atoms with Gasteiger partial charge in [0, 0.05) is 159 Å². The van der Waals surface area contributed by atoms with Crippen LogP contribution in [0.3, 0.4) is 0 Å². The number of hydrogen-bond donors (Lipinski definition) is 9. The van der Waals surface area contributed by atoms with Crippen molar-refractivity contribution in [3.8, 4) is 0 Å². The van der Waals surface area contributed by atoms with E-state index in [9.17, 15) is 52.7 Å². The molecule has 0 radical (unpaired) electrons. The first-order valence-corrected chi connectivity index (χ1v) is 28.9. The molecule has 9 amide bonds. The van der Waals surface area contributed by atoms with Gasteiger partial charge in [-0.2, -0.15) is 0 Å². The zero-order valence-corrected chi connectivity index (χ0v) is 52.0. The van der Waals surface area contributed by atoms with Crippen LogP contribution in [-0.4, -0.2) is 142 Å². The highest BCUT2D eigenvalue weighted by atomic mass is 16.5. The third-order valence-corrected chi connectivity index (χ3v) is 16.2. The molecule has 2 fully saturated rings. The maximum absolute atomic E-state index is 13.7. The average Bonchev–Trinajstić information content (AvgIpc) is 1.50. The Labute approximate surface area is 528 Å². The highest BCUT2D eigenvalue weighted by Gasteiger charge is 2.69. The largest absolute Gasteiger partial charge is 0.465 e. The van der Waals surface area contributed by atoms with Gasteiger partial charge in [0.05, 0.1) is 41.1 Å². The number of rotatable bonds is 20. The van der Waals surface area contributed by atoms with E-state index in [1.54, 1.807) is 96.5 Å². The van der Waals surface area contributed by atoms with Crippen LogP contribution >= 0.6 is 0 Å². The van der Waals surface area contributed by atoms with Crippen LogP contribution in [0.5, 0.6) is 0 Å². The molecule has 1 aliphatic heterocycles. The Hall–Kier alpha value is -12.1. The molecular formula is C61H64N20O12. The molecule has 1 spiro atoms. The van der Waals surface area contributed by atoms with Crippen LogP contribution in [0, 0.1) is 12.8 Å². The van der Waals surface area contributed by atoms with E-state index in [4.69, 9.17) is 4.74 Å². The molecule has 0 bridgehead atoms. The summed E-state index contributed by atoms with van der Waals surface area (Å²) in [5.41, 5.74) is 4.21. The van der Waals surface area contributed by atoms with E-state index >= 15 is 0 Å². The molecule has 8 aromatic heterocycles. The number of esters is 1. The minimum Gasteiger partial charge on any atom is -0.465 e. The number of imidazole rings is 3. The van der Waals surface area contributed by atoms with E-state index < -0.39 is 52.7 Å². The molecule has 1 saturated carbocycles. The van der Waals surface area contributed by atoms with E-state index in [2.05, 4.69) is 62.5 Å². The molecule has 93 heavy (non-hydrogen) atoms. The lowest BCUT2D eigenvalue weighted by Crippen LogP contribution is -2.33. The number of carbonyl (C=O) groups excluding carboxylic acids is 11. The summed E-state index contributed by atoms with van der Waals surface area (Å²) in [7, 11) is 12.6. The minimum absolute atomic E-state index is 0.0110. The van der Waals surface area contributed by atoms with Crippen molar-refractivity contribution in [3.63, 3.8) is 0 Å². The van der Waals surface area contributed by atoms with Crippen LogP contribution < -0.4 is 42.5 Å². The number of likely N-dealkylation sites (tertiary alicyclic amines) is 1. The number of H-pyrrole nitrogens is 1. The molecule has 2 aliphatic carbocycles. The van der Waals surface area contributed by atoms with Crippen molar-refractivity contribution in [1.82, 2.24) is 62.1 Å². The van der Waals surface area contributed by atoms with Gasteiger partial charge in [0.15, 0.2) is 17.5 Å². The fraction of sp³-hybridized carbons (Fsp3) is 0.279. The number of carbonyl (C=O) groups is 11. The maximum atomic E-state index is 13.7. The Morgan fingerprint density at radius 1 is 0.602 bits per heavy atom. The molecule has 32 nitrogen and oxygen atoms in total. The SMILES string of the molecule is COC(=O)c1c(C)[nH]c2c1[C@@]13C[C@@H]1CN(C(=O)/C=C/c1cc(NC(=O)c4cc(NC(=O)c5nc(NC(=O)CCCNC(=O)c6cc(NC(=O)c7cc(NC(=O)c8nc(NC(=O)c9nc(NC(C)=O)cn9C)cn8C)cn7C)cn6C)cn5C)cn4C)cn1C)C3=CC2=O. The van der Waals surface area contributed by atoms with Gasteiger partial charge in [0.25, 0.3) is 41.4 Å². The van der Waals surface area contributed by atoms with Gasteiger partial charge in [-0.15, -0.1) is 0 Å². The van der Waals surface area contributed by atoms with Gasteiger partial charge in [-0.3, -0.25) is 47.9 Å². The third-order valence-electron chi connectivity index (χ3n) is 16.2. The molecule has 11 rings (SSSR count). The number of piperidine rings is 1. The number of nitrogens with zero attached hydrogens (tertiary/aromatic N) is 11. The second-order valence-electron chi connectivity index (χ2n) is 22.9. The van der Waals surface area contributed by atoms with E-state index in [1.807, 2.05) is 0 Å². The number of anilines is 7. The predicted molar refractivity (Wildman–Crippen MR) is 335 cm³/mol. The van der Waals surface area contributed by atoms with Crippen LogP contribution in [0.25, 0.3) is 6.08 Å². The normalized spacial score (nSPS) is 15.2. The summed E-state index contributed by atoms with van der Waals surface area (Å²) < 4.78 is 15.6. The minimum atomic E-state index is -0.637. The summed E-state index contributed by atoms with van der Waals surface area (Å²) in [6.45, 7) is 3.52. The molecule has 8 aromatic rings. The highest BCUT2D eigenvalue weighted by molar-refractivity contribution is 6.12. The van der Waals surface area contributed by atoms with Crippen molar-refractivity contribution >= 4 is 111 Å². The average molecular weight is 1270 g/mol. The predicted octanol–water partition coefficient (Wildman–Crippen LogP) is 3.93. The van der Waals surface area contributed by atoms with Gasteiger partial charge in [0.2, 0.25) is 35.1 Å². The molecule has 9 heterocycles. The Morgan fingerprint density at radius 3 is 1.60 bits per heavy atom. The lowest BCUT2D eigenvalue weighted by atomic mass is 9.82. The lowest BCUT2D eigenvalue weighted by molar-refractivity contribution is -0.124. The van der Waals surface area contributed by atoms with E-state index in [0.717, 1.165) is 0 Å². The molecule has 1 saturated heterocycles. The molecular weight excluding hydrogens is 1200 g/mol. The first kappa shape index (κ1) is 62.5. The van der Waals surface area contributed by atoms with Crippen LogP contribution in [0.4, 0.5) is 40.2 Å². The fourth-order valence-electron chi connectivity index (χ4n) is 11.8. The number of fused-ring (bicyclic) bond motifs is 1. The summed E-state index contributed by atoms with van der Waals surface area (Å²) in [5, 5.41) is 21.6. The van der Waals surface area contributed by atoms with Gasteiger partial charge in [-0.1, -0.05) is 0 Å². The number of ketones is 1. The molecule has 9 N–H and O–H groups in total. The van der Waals surface area contributed by atoms with E-state index in [-0.39, 0.29) is 106 Å². The number of allylic oxidation sites excluding steroid dienone is 2. The van der Waals surface area contributed by atoms with Crippen LogP contribution in [0.2, 0.25) is 0 Å². The van der Waals surface area contributed by atoms with Crippen molar-refractivity contribution < 1.29 is 57.5 Å². The number of methoxy groups -OCH3 is 1. The summed E-state index contributed by atoms with van der Waals surface area (Å²) in [5.74, 6) is -5.12. The monoisotopic (exact) mass is 1270 g/mol. The van der Waals surface area contributed by atoms with Crippen molar-refractivity contribution in [3.05, 3.63) is 148 Å². The number of amides is 9. The molecule has 2 atom stereocenters. The Morgan fingerprint density at radius 2 is 1.08 bits per heavy atom. The summed E-state index contributed by atoms with van der Waals surface area (Å²) in [6, 6.07) is 6.10. The van der Waals surface area contributed by atoms with Crippen molar-refractivity contribution in [2.24, 2.45) is 55.3 Å². The first-order valence-electron chi connectivity index (χ1n) is 28.9. The van der Waals surface area contributed by atoms with Gasteiger partial charge in [-0.25, -0.2) is 19.7 Å². The molecule has 3 aliphatic rings. The van der Waals surface area contributed by atoms with Crippen molar-refractivity contribution in [2.75, 3.05) is 57.4 Å². The van der Waals surface area contributed by atoms with Gasteiger partial charge < -0.3 is 89.1 Å². The smallest absolute Gasteiger partial charge is 0.340 e. The van der Waals surface area contributed by atoms with Gasteiger partial charge >= 0.3 is 5.97 Å². The number of aryl methyl sites for hydroxylation is 8. The topological polar surface area (TPSA) is 385 Å². The number of nitrogens with one attached hydrogen (secondary N) is 9. The maximum Gasteiger partial charge on any atom is 0.340 e. The Balaban J connectivity index is 0.612. The van der Waals surface area contributed by atoms with E-state index in [0.29, 0.717) is 58.2 Å². The number of aromatic amines is 1. The lowest BCUT2D eigenvalue weighted by Gasteiger charge is -2.27. The zero-order chi connectivity index (χ0) is 66.6. The second kappa shape index (κ2) is 24.3. The number of aromatic nitrogens is 11. The molecule has 32 heteroatoms. The third kappa shape index (κ3) is 12.2. The van der Waals surface area contributed by atoms with Crippen molar-refractivity contribution in [2.45, 2.75) is 38.5 Å².